The molecule has 2 aliphatic rings. The Hall–Kier alpha value is -4.94. The van der Waals surface area contributed by atoms with Crippen molar-refractivity contribution in [3.8, 4) is 22.6 Å². The Bertz CT molecular complexity index is 1650. The van der Waals surface area contributed by atoms with Crippen molar-refractivity contribution in [3.05, 3.63) is 83.8 Å². The topological polar surface area (TPSA) is 213 Å². The number of hydrogen-bond donors (Lipinski definition) is 6. The molecular formula is C34H39N5O7. The molecule has 0 saturated heterocycles. The third-order valence-corrected chi connectivity index (χ3v) is 8.42. The number of pyridine rings is 1. The van der Waals surface area contributed by atoms with E-state index < -0.39 is 23.5 Å². The molecule has 1 aromatic heterocycles. The Balaban J connectivity index is 1.16. The molecule has 2 aliphatic carbocycles. The van der Waals surface area contributed by atoms with E-state index in [2.05, 4.69) is 10.3 Å². The highest BCUT2D eigenvalue weighted by Crippen LogP contribution is 2.57. The van der Waals surface area contributed by atoms with Crippen LogP contribution >= 0.6 is 0 Å². The minimum absolute atomic E-state index is 0.0215. The number of carbonyl (C=O) groups excluding carboxylic acids is 2. The van der Waals surface area contributed by atoms with Crippen molar-refractivity contribution in [2.45, 2.75) is 63.3 Å². The number of aliphatic carboxylic acids is 1. The highest BCUT2D eigenvalue weighted by Gasteiger charge is 2.54. The van der Waals surface area contributed by atoms with E-state index in [1.54, 1.807) is 62.4 Å². The first-order valence-corrected chi connectivity index (χ1v) is 15.0. The maximum atomic E-state index is 13.0. The molecule has 12 nitrogen and oxygen atoms in total. The maximum Gasteiger partial charge on any atom is 0.325 e. The van der Waals surface area contributed by atoms with Crippen LogP contribution in [0.3, 0.4) is 0 Å². The number of carbonyl (C=O) groups is 3. The third-order valence-electron chi connectivity index (χ3n) is 8.42. The Morgan fingerprint density at radius 3 is 2.41 bits per heavy atom. The van der Waals surface area contributed by atoms with Crippen molar-refractivity contribution in [3.63, 3.8) is 0 Å². The van der Waals surface area contributed by atoms with Crippen LogP contribution in [0.1, 0.15) is 67.2 Å². The summed E-state index contributed by atoms with van der Waals surface area (Å²) in [5.74, 6) is -1.23. The van der Waals surface area contributed by atoms with Gasteiger partial charge in [0.1, 0.15) is 24.1 Å². The first-order valence-electron chi connectivity index (χ1n) is 15.0. The summed E-state index contributed by atoms with van der Waals surface area (Å²) < 4.78 is 11.8. The van der Waals surface area contributed by atoms with Gasteiger partial charge in [0.25, 0.3) is 11.8 Å². The van der Waals surface area contributed by atoms with Crippen LogP contribution in [-0.4, -0.2) is 57.3 Å². The fourth-order valence-corrected chi connectivity index (χ4v) is 6.07. The molecule has 9 N–H and O–H groups in total. The molecule has 2 amide bonds. The second-order valence-corrected chi connectivity index (χ2v) is 12.8. The van der Waals surface area contributed by atoms with E-state index >= 15 is 0 Å². The van der Waals surface area contributed by atoms with Crippen molar-refractivity contribution in [2.75, 3.05) is 6.61 Å². The van der Waals surface area contributed by atoms with E-state index in [9.17, 15) is 24.6 Å². The molecule has 1 unspecified atom stereocenters. The molecule has 0 aliphatic heterocycles. The molecule has 1 heterocycles. The fourth-order valence-electron chi connectivity index (χ4n) is 6.07. The molecule has 5 rings (SSSR count). The van der Waals surface area contributed by atoms with Gasteiger partial charge in [0, 0.05) is 12.2 Å². The summed E-state index contributed by atoms with van der Waals surface area (Å²) >= 11 is 0. The van der Waals surface area contributed by atoms with Gasteiger partial charge in [-0.2, -0.15) is 0 Å². The van der Waals surface area contributed by atoms with Gasteiger partial charge >= 0.3 is 5.97 Å². The summed E-state index contributed by atoms with van der Waals surface area (Å²) in [6.45, 7) is 3.38. The lowest BCUT2D eigenvalue weighted by Gasteiger charge is -2.57. The monoisotopic (exact) mass is 629 g/mol. The quantitative estimate of drug-likeness (QED) is 0.161. The third kappa shape index (κ3) is 7.30. The first-order chi connectivity index (χ1) is 21.8. The van der Waals surface area contributed by atoms with Gasteiger partial charge in [-0.3, -0.25) is 19.4 Å². The van der Waals surface area contributed by atoms with Crippen molar-refractivity contribution in [2.24, 2.45) is 22.6 Å². The van der Waals surface area contributed by atoms with Crippen molar-refractivity contribution >= 4 is 23.4 Å². The molecule has 2 fully saturated rings. The Morgan fingerprint density at radius 1 is 1.09 bits per heavy atom. The SMILES string of the molecule is CC(C)(O)COc1ccc(C(=CN)C(=O)NC2CC3(C2)CC(Oc2cc(-c4cccc(C(N)C(=O)O)c4)ccc2C(N)=O)C3)nc1. The number of nitrogens with zero attached hydrogens (tertiary/aromatic N) is 1. The normalized spacial score (nSPS) is 21.4. The van der Waals surface area contributed by atoms with Crippen LogP contribution in [-0.2, 0) is 9.59 Å². The molecule has 2 saturated carbocycles. The van der Waals surface area contributed by atoms with Gasteiger partial charge in [0.15, 0.2) is 0 Å². The molecule has 2 aromatic carbocycles. The van der Waals surface area contributed by atoms with Gasteiger partial charge in [0.05, 0.1) is 34.7 Å². The molecule has 242 valence electrons. The molecule has 0 radical (unpaired) electrons. The highest BCUT2D eigenvalue weighted by molar-refractivity contribution is 6.18. The summed E-state index contributed by atoms with van der Waals surface area (Å²) in [4.78, 5) is 40.8. The maximum absolute atomic E-state index is 13.0. The Labute approximate surface area is 266 Å². The van der Waals surface area contributed by atoms with E-state index in [4.69, 9.17) is 26.7 Å². The zero-order valence-corrected chi connectivity index (χ0v) is 25.7. The number of ether oxygens (including phenoxy) is 2. The lowest BCUT2D eigenvalue weighted by molar-refractivity contribution is -0.138. The van der Waals surface area contributed by atoms with Crippen molar-refractivity contribution in [1.82, 2.24) is 10.3 Å². The Kier molecular flexibility index (Phi) is 9.04. The highest BCUT2D eigenvalue weighted by atomic mass is 16.5. The van der Waals surface area contributed by atoms with Crippen LogP contribution in [0.15, 0.2) is 67.0 Å². The number of nitrogens with two attached hydrogens (primary N) is 3. The average Bonchev–Trinajstić information content (AvgIpc) is 2.98. The van der Waals surface area contributed by atoms with Gasteiger partial charge in [0.2, 0.25) is 0 Å². The molecular weight excluding hydrogens is 590 g/mol. The van der Waals surface area contributed by atoms with E-state index in [-0.39, 0.29) is 41.2 Å². The molecule has 3 aromatic rings. The number of carboxylic acids is 1. The van der Waals surface area contributed by atoms with E-state index in [0.717, 1.165) is 36.8 Å². The number of amides is 2. The Morgan fingerprint density at radius 2 is 1.80 bits per heavy atom. The standard InChI is InChI=1S/C34H39N5O7/c1-33(2,44)18-45-23-7-9-27(38-17-23)26(16-35)31(41)39-22-12-34(13-22)14-24(15-34)46-28-11-20(6-8-25(28)30(37)40)19-4-3-5-21(10-19)29(36)32(42)43/h3-11,16-17,22,24,29,44H,12-15,18,35-36H2,1-2H3,(H2,37,40)(H,39,41)(H,42,43). The van der Waals surface area contributed by atoms with Gasteiger partial charge in [-0.1, -0.05) is 24.3 Å². The van der Waals surface area contributed by atoms with Gasteiger partial charge < -0.3 is 42.2 Å². The van der Waals surface area contributed by atoms with Crippen LogP contribution in [0.25, 0.3) is 16.7 Å². The number of hydrogen-bond acceptors (Lipinski definition) is 9. The van der Waals surface area contributed by atoms with Crippen LogP contribution < -0.4 is 32.0 Å². The molecule has 1 atom stereocenters. The molecule has 46 heavy (non-hydrogen) atoms. The van der Waals surface area contributed by atoms with Gasteiger partial charge in [-0.25, -0.2) is 0 Å². The van der Waals surface area contributed by atoms with E-state index in [1.807, 2.05) is 6.07 Å². The second-order valence-electron chi connectivity index (χ2n) is 12.8. The van der Waals surface area contributed by atoms with Crippen LogP contribution in [0.2, 0.25) is 0 Å². The predicted octanol–water partition coefficient (Wildman–Crippen LogP) is 2.89. The average molecular weight is 630 g/mol. The summed E-state index contributed by atoms with van der Waals surface area (Å²) in [7, 11) is 0. The minimum Gasteiger partial charge on any atom is -0.490 e. The van der Waals surface area contributed by atoms with Crippen molar-refractivity contribution < 1.29 is 34.1 Å². The number of nitrogens with one attached hydrogen (secondary N) is 1. The van der Waals surface area contributed by atoms with Gasteiger partial charge in [-0.15, -0.1) is 0 Å². The zero-order valence-electron chi connectivity index (χ0n) is 25.7. The molecule has 0 bridgehead atoms. The lowest BCUT2D eigenvalue weighted by Crippen LogP contribution is -2.58. The number of carboxylic acid groups (broad SMARTS) is 1. The molecule has 12 heteroatoms. The fraction of sp³-hybridized carbons (Fsp3) is 0.353. The lowest BCUT2D eigenvalue weighted by atomic mass is 9.53. The smallest absolute Gasteiger partial charge is 0.325 e. The number of aliphatic hydroxyl groups is 1. The number of rotatable bonds is 12. The van der Waals surface area contributed by atoms with Gasteiger partial charge in [-0.05, 0) is 92.0 Å². The summed E-state index contributed by atoms with van der Waals surface area (Å²) in [6, 6.07) is 14.1. The van der Waals surface area contributed by atoms with E-state index in [1.165, 1.54) is 12.4 Å². The zero-order chi connectivity index (χ0) is 33.2. The predicted molar refractivity (Wildman–Crippen MR) is 170 cm³/mol. The summed E-state index contributed by atoms with van der Waals surface area (Å²) in [6.07, 6.45) is 5.68. The largest absolute Gasteiger partial charge is 0.490 e. The summed E-state index contributed by atoms with van der Waals surface area (Å²) in [5.41, 5.74) is 19.1. The summed E-state index contributed by atoms with van der Waals surface area (Å²) in [5, 5.41) is 22.2. The number of primary amides is 1. The van der Waals surface area contributed by atoms with E-state index in [0.29, 0.717) is 22.8 Å². The minimum atomic E-state index is -1.16. The van der Waals surface area contributed by atoms with Crippen LogP contribution in [0.5, 0.6) is 11.5 Å². The second kappa shape index (κ2) is 12.8. The first kappa shape index (κ1) is 32.5. The molecule has 1 spiro atoms. The van der Waals surface area contributed by atoms with Crippen molar-refractivity contribution in [1.29, 1.82) is 0 Å². The number of aromatic nitrogens is 1. The number of benzene rings is 2. The van der Waals surface area contributed by atoms with Crippen LogP contribution in [0.4, 0.5) is 0 Å². The van der Waals surface area contributed by atoms with Crippen LogP contribution in [0, 0.1) is 5.41 Å².